The highest BCUT2D eigenvalue weighted by Crippen LogP contribution is 2.34. The maximum atomic E-state index is 13.5. The second-order valence-electron chi connectivity index (χ2n) is 7.21. The molecule has 0 aliphatic carbocycles. The standard InChI is InChI=1S/C23H19F2N3O2S/c1-27(23(30)16-4-2-5-18(25)12-16)14-22(29)28-20(15-7-9-17(24)10-8-15)13-19(26-28)21-6-3-11-31-21/h2-12,20H,13-14H2,1H3. The topological polar surface area (TPSA) is 53.0 Å². The van der Waals surface area contributed by atoms with Gasteiger partial charge < -0.3 is 4.90 Å². The zero-order valence-corrected chi connectivity index (χ0v) is 17.5. The Balaban J connectivity index is 1.56. The van der Waals surface area contributed by atoms with Gasteiger partial charge in [-0.3, -0.25) is 9.59 Å². The van der Waals surface area contributed by atoms with E-state index in [1.165, 1.54) is 58.6 Å². The molecule has 4 rings (SSSR count). The zero-order chi connectivity index (χ0) is 22.0. The van der Waals surface area contributed by atoms with E-state index in [1.54, 1.807) is 12.1 Å². The van der Waals surface area contributed by atoms with Gasteiger partial charge in [-0.1, -0.05) is 24.3 Å². The minimum Gasteiger partial charge on any atom is -0.332 e. The number of nitrogens with zero attached hydrogens (tertiary/aromatic N) is 3. The van der Waals surface area contributed by atoms with Gasteiger partial charge in [0.15, 0.2) is 0 Å². The molecule has 0 saturated heterocycles. The third-order valence-corrected chi connectivity index (χ3v) is 5.94. The van der Waals surface area contributed by atoms with Crippen molar-refractivity contribution in [1.29, 1.82) is 0 Å². The molecular weight excluding hydrogens is 420 g/mol. The SMILES string of the molecule is CN(CC(=O)N1N=C(c2cccs2)CC1c1ccc(F)cc1)C(=O)c1cccc(F)c1. The number of hydrogen-bond donors (Lipinski definition) is 0. The Morgan fingerprint density at radius 2 is 1.87 bits per heavy atom. The summed E-state index contributed by atoms with van der Waals surface area (Å²) in [5, 5.41) is 7.82. The van der Waals surface area contributed by atoms with Crippen LogP contribution < -0.4 is 0 Å². The van der Waals surface area contributed by atoms with Crippen LogP contribution in [0.1, 0.15) is 33.3 Å². The van der Waals surface area contributed by atoms with E-state index >= 15 is 0 Å². The fourth-order valence-corrected chi connectivity index (χ4v) is 4.19. The lowest BCUT2D eigenvalue weighted by molar-refractivity contribution is -0.133. The highest BCUT2D eigenvalue weighted by atomic mass is 32.1. The Hall–Kier alpha value is -3.39. The number of rotatable bonds is 5. The van der Waals surface area contributed by atoms with Gasteiger partial charge in [-0.2, -0.15) is 5.10 Å². The average molecular weight is 439 g/mol. The van der Waals surface area contributed by atoms with Crippen molar-refractivity contribution in [3.05, 3.63) is 93.7 Å². The second-order valence-corrected chi connectivity index (χ2v) is 8.15. The number of hydrazone groups is 1. The third kappa shape index (κ3) is 4.54. The number of benzene rings is 2. The molecule has 3 aromatic rings. The summed E-state index contributed by atoms with van der Waals surface area (Å²) in [7, 11) is 1.48. The van der Waals surface area contributed by atoms with E-state index in [0.29, 0.717) is 6.42 Å². The van der Waals surface area contributed by atoms with E-state index in [-0.39, 0.29) is 23.8 Å². The zero-order valence-electron chi connectivity index (χ0n) is 16.7. The van der Waals surface area contributed by atoms with E-state index in [1.807, 2.05) is 17.5 Å². The molecule has 2 aromatic carbocycles. The molecule has 0 fully saturated rings. The van der Waals surface area contributed by atoms with Gasteiger partial charge >= 0.3 is 0 Å². The van der Waals surface area contributed by atoms with E-state index in [2.05, 4.69) is 5.10 Å². The summed E-state index contributed by atoms with van der Waals surface area (Å²) >= 11 is 1.52. The number of thiophene rings is 1. The molecule has 5 nitrogen and oxygen atoms in total. The van der Waals surface area contributed by atoms with Gasteiger partial charge in [-0.15, -0.1) is 11.3 Å². The molecule has 1 atom stereocenters. The van der Waals surface area contributed by atoms with Gasteiger partial charge in [0, 0.05) is 19.0 Å². The van der Waals surface area contributed by atoms with Gasteiger partial charge in [-0.25, -0.2) is 13.8 Å². The van der Waals surface area contributed by atoms with Crippen molar-refractivity contribution >= 4 is 28.9 Å². The van der Waals surface area contributed by atoms with Crippen LogP contribution in [-0.4, -0.2) is 41.0 Å². The molecule has 1 unspecified atom stereocenters. The summed E-state index contributed by atoms with van der Waals surface area (Å²) in [5.74, 6) is -1.73. The molecule has 0 N–H and O–H groups in total. The van der Waals surface area contributed by atoms with Crippen LogP contribution in [0.5, 0.6) is 0 Å². The minimum atomic E-state index is -0.522. The number of carbonyl (C=O) groups excluding carboxylic acids is 2. The summed E-state index contributed by atoms with van der Waals surface area (Å²) in [6, 6.07) is 14.7. The summed E-state index contributed by atoms with van der Waals surface area (Å²) in [4.78, 5) is 27.9. The molecular formula is C23H19F2N3O2S. The smallest absolute Gasteiger partial charge is 0.262 e. The highest BCUT2D eigenvalue weighted by Gasteiger charge is 2.34. The number of likely N-dealkylation sites (N-methyl/N-ethyl adjacent to an activating group) is 1. The van der Waals surface area contributed by atoms with Crippen LogP contribution >= 0.6 is 11.3 Å². The molecule has 1 aromatic heterocycles. The summed E-state index contributed by atoms with van der Waals surface area (Å²) < 4.78 is 26.9. The normalized spacial score (nSPS) is 15.6. The Kier molecular flexibility index (Phi) is 5.90. The largest absolute Gasteiger partial charge is 0.332 e. The van der Waals surface area contributed by atoms with Crippen LogP contribution in [0.3, 0.4) is 0 Å². The summed E-state index contributed by atoms with van der Waals surface area (Å²) in [6.07, 6.45) is 0.486. The summed E-state index contributed by atoms with van der Waals surface area (Å²) in [5.41, 5.74) is 1.68. The Bertz CT molecular complexity index is 1130. The molecule has 1 aliphatic heterocycles. The van der Waals surface area contributed by atoms with Gasteiger partial charge in [-0.05, 0) is 47.3 Å². The first-order chi connectivity index (χ1) is 14.9. The molecule has 31 heavy (non-hydrogen) atoms. The fourth-order valence-electron chi connectivity index (χ4n) is 3.47. The summed E-state index contributed by atoms with van der Waals surface area (Å²) in [6.45, 7) is -0.228. The molecule has 0 bridgehead atoms. The van der Waals surface area contributed by atoms with Crippen molar-refractivity contribution in [1.82, 2.24) is 9.91 Å². The number of carbonyl (C=O) groups is 2. The second kappa shape index (κ2) is 8.77. The van der Waals surface area contributed by atoms with Gasteiger partial charge in [0.05, 0.1) is 16.6 Å². The van der Waals surface area contributed by atoms with E-state index < -0.39 is 17.8 Å². The van der Waals surface area contributed by atoms with Crippen LogP contribution in [0.15, 0.2) is 71.1 Å². The van der Waals surface area contributed by atoms with Crippen molar-refractivity contribution < 1.29 is 18.4 Å². The molecule has 2 heterocycles. The number of halogens is 2. The van der Waals surface area contributed by atoms with Crippen molar-refractivity contribution in [3.8, 4) is 0 Å². The lowest BCUT2D eigenvalue weighted by Gasteiger charge is -2.25. The van der Waals surface area contributed by atoms with E-state index in [4.69, 9.17) is 0 Å². The first kappa shape index (κ1) is 20.9. The highest BCUT2D eigenvalue weighted by molar-refractivity contribution is 7.12. The Labute approximate surface area is 182 Å². The van der Waals surface area contributed by atoms with Crippen molar-refractivity contribution in [2.75, 3.05) is 13.6 Å². The molecule has 8 heteroatoms. The number of amides is 2. The first-order valence-corrected chi connectivity index (χ1v) is 10.5. The fraction of sp³-hybridized carbons (Fsp3) is 0.174. The molecule has 2 amide bonds. The van der Waals surface area contributed by atoms with Crippen LogP contribution in [0.4, 0.5) is 8.78 Å². The van der Waals surface area contributed by atoms with E-state index in [9.17, 15) is 18.4 Å². The van der Waals surface area contributed by atoms with Crippen LogP contribution in [0, 0.1) is 11.6 Å². The van der Waals surface area contributed by atoms with Crippen molar-refractivity contribution in [2.45, 2.75) is 12.5 Å². The predicted molar refractivity (Wildman–Crippen MR) is 115 cm³/mol. The Morgan fingerprint density at radius 3 is 2.55 bits per heavy atom. The average Bonchev–Trinajstić information content (AvgIpc) is 3.43. The molecule has 0 spiro atoms. The van der Waals surface area contributed by atoms with Crippen molar-refractivity contribution in [2.24, 2.45) is 5.10 Å². The van der Waals surface area contributed by atoms with E-state index in [0.717, 1.165) is 22.2 Å². The predicted octanol–water partition coefficient (Wildman–Crippen LogP) is 4.48. The lowest BCUT2D eigenvalue weighted by Crippen LogP contribution is -2.39. The maximum absolute atomic E-state index is 13.5. The third-order valence-electron chi connectivity index (χ3n) is 5.02. The first-order valence-electron chi connectivity index (χ1n) is 9.62. The molecule has 0 radical (unpaired) electrons. The van der Waals surface area contributed by atoms with Crippen LogP contribution in [-0.2, 0) is 4.79 Å². The lowest BCUT2D eigenvalue weighted by atomic mass is 10.0. The Morgan fingerprint density at radius 1 is 1.10 bits per heavy atom. The quantitative estimate of drug-likeness (QED) is 0.589. The van der Waals surface area contributed by atoms with Gasteiger partial charge in [0.25, 0.3) is 11.8 Å². The maximum Gasteiger partial charge on any atom is 0.262 e. The van der Waals surface area contributed by atoms with Crippen molar-refractivity contribution in [3.63, 3.8) is 0 Å². The number of hydrogen-bond acceptors (Lipinski definition) is 4. The molecule has 1 aliphatic rings. The van der Waals surface area contributed by atoms with Crippen LogP contribution in [0.25, 0.3) is 0 Å². The van der Waals surface area contributed by atoms with Gasteiger partial charge in [0.1, 0.15) is 18.2 Å². The molecule has 0 saturated carbocycles. The molecule has 158 valence electrons. The monoisotopic (exact) mass is 439 g/mol. The minimum absolute atomic E-state index is 0.162. The van der Waals surface area contributed by atoms with Gasteiger partial charge in [0.2, 0.25) is 0 Å². The van der Waals surface area contributed by atoms with Crippen LogP contribution in [0.2, 0.25) is 0 Å².